The highest BCUT2D eigenvalue weighted by Crippen LogP contribution is 2.32. The Morgan fingerprint density at radius 2 is 1.48 bits per heavy atom. The van der Waals surface area contributed by atoms with Gasteiger partial charge in [-0.1, -0.05) is 48.5 Å². The van der Waals surface area contributed by atoms with Gasteiger partial charge in [0, 0.05) is 11.1 Å². The Balaban J connectivity index is 0.00000182. The van der Waals surface area contributed by atoms with E-state index in [1.807, 2.05) is 36.4 Å². The predicted octanol–water partition coefficient (Wildman–Crippen LogP) is 4.97. The Bertz CT molecular complexity index is 780. The van der Waals surface area contributed by atoms with Crippen LogP contribution in [-0.4, -0.2) is 18.1 Å². The SMILES string of the molecule is Cl.c1ccc(-c2nc(CC3CCNCC3)c(-c3ccccc3)o2)cc1. The van der Waals surface area contributed by atoms with E-state index in [2.05, 4.69) is 29.6 Å². The summed E-state index contributed by atoms with van der Waals surface area (Å²) in [5, 5.41) is 3.43. The zero-order valence-electron chi connectivity index (χ0n) is 14.2. The number of oxazole rings is 1. The Hall–Kier alpha value is -2.10. The summed E-state index contributed by atoms with van der Waals surface area (Å²) in [4.78, 5) is 4.86. The highest BCUT2D eigenvalue weighted by atomic mass is 35.5. The van der Waals surface area contributed by atoms with E-state index in [9.17, 15) is 0 Å². The number of hydrogen-bond donors (Lipinski definition) is 1. The number of benzene rings is 2. The van der Waals surface area contributed by atoms with Crippen LogP contribution in [0.25, 0.3) is 22.8 Å². The van der Waals surface area contributed by atoms with Crippen LogP contribution in [0.15, 0.2) is 65.1 Å². The molecule has 130 valence electrons. The van der Waals surface area contributed by atoms with Crippen LogP contribution in [0.1, 0.15) is 18.5 Å². The molecule has 1 aliphatic rings. The van der Waals surface area contributed by atoms with Crippen molar-refractivity contribution < 1.29 is 4.42 Å². The zero-order chi connectivity index (χ0) is 16.2. The van der Waals surface area contributed by atoms with Crippen molar-refractivity contribution >= 4 is 12.4 Å². The summed E-state index contributed by atoms with van der Waals surface area (Å²) in [6, 6.07) is 20.5. The molecule has 0 amide bonds. The molecule has 25 heavy (non-hydrogen) atoms. The molecule has 0 atom stereocenters. The van der Waals surface area contributed by atoms with Gasteiger partial charge in [-0.2, -0.15) is 0 Å². The lowest BCUT2D eigenvalue weighted by molar-refractivity contribution is 0.370. The van der Waals surface area contributed by atoms with Crippen molar-refractivity contribution in [1.29, 1.82) is 0 Å². The molecule has 3 nitrogen and oxygen atoms in total. The van der Waals surface area contributed by atoms with Gasteiger partial charge in [0.05, 0.1) is 5.69 Å². The second-order valence-corrected chi connectivity index (χ2v) is 6.42. The molecular formula is C21H23ClN2O. The first-order valence-corrected chi connectivity index (χ1v) is 8.71. The smallest absolute Gasteiger partial charge is 0.227 e. The Labute approximate surface area is 154 Å². The molecular weight excluding hydrogens is 332 g/mol. The number of aromatic nitrogens is 1. The van der Waals surface area contributed by atoms with Crippen molar-refractivity contribution in [3.05, 3.63) is 66.4 Å². The van der Waals surface area contributed by atoms with Gasteiger partial charge in [-0.05, 0) is 50.4 Å². The van der Waals surface area contributed by atoms with E-state index in [0.29, 0.717) is 5.92 Å². The number of hydrogen-bond acceptors (Lipinski definition) is 3. The molecule has 1 saturated heterocycles. The highest BCUT2D eigenvalue weighted by molar-refractivity contribution is 5.85. The molecule has 1 N–H and O–H groups in total. The fourth-order valence-electron chi connectivity index (χ4n) is 3.37. The van der Waals surface area contributed by atoms with Crippen LogP contribution >= 0.6 is 12.4 Å². The number of piperidine rings is 1. The predicted molar refractivity (Wildman–Crippen MR) is 104 cm³/mol. The summed E-state index contributed by atoms with van der Waals surface area (Å²) in [5.74, 6) is 2.33. The maximum Gasteiger partial charge on any atom is 0.227 e. The van der Waals surface area contributed by atoms with Crippen LogP contribution in [0, 0.1) is 5.92 Å². The van der Waals surface area contributed by atoms with Crippen molar-refractivity contribution in [1.82, 2.24) is 10.3 Å². The van der Waals surface area contributed by atoms with E-state index >= 15 is 0 Å². The van der Waals surface area contributed by atoms with Gasteiger partial charge in [-0.15, -0.1) is 12.4 Å². The summed E-state index contributed by atoms with van der Waals surface area (Å²) in [7, 11) is 0. The molecule has 0 spiro atoms. The lowest BCUT2D eigenvalue weighted by Crippen LogP contribution is -2.28. The first-order valence-electron chi connectivity index (χ1n) is 8.71. The number of halogens is 1. The summed E-state index contributed by atoms with van der Waals surface area (Å²) in [6.07, 6.45) is 3.41. The van der Waals surface area contributed by atoms with Crippen molar-refractivity contribution in [3.8, 4) is 22.8 Å². The zero-order valence-corrected chi connectivity index (χ0v) is 15.0. The van der Waals surface area contributed by atoms with Gasteiger partial charge in [-0.25, -0.2) is 4.98 Å². The minimum absolute atomic E-state index is 0. The minimum atomic E-state index is 0. The van der Waals surface area contributed by atoms with Gasteiger partial charge >= 0.3 is 0 Å². The lowest BCUT2D eigenvalue weighted by atomic mass is 9.92. The van der Waals surface area contributed by atoms with Crippen molar-refractivity contribution in [2.24, 2.45) is 5.92 Å². The van der Waals surface area contributed by atoms with Gasteiger partial charge in [0.25, 0.3) is 0 Å². The summed E-state index contributed by atoms with van der Waals surface area (Å²) in [6.45, 7) is 2.21. The molecule has 1 aromatic heterocycles. The van der Waals surface area contributed by atoms with Crippen LogP contribution in [0.5, 0.6) is 0 Å². The maximum absolute atomic E-state index is 6.20. The molecule has 2 aromatic carbocycles. The number of nitrogens with one attached hydrogen (secondary N) is 1. The number of nitrogens with zero attached hydrogens (tertiary/aromatic N) is 1. The second kappa shape index (κ2) is 8.32. The molecule has 1 fully saturated rings. The molecule has 0 radical (unpaired) electrons. The molecule has 0 unspecified atom stereocenters. The summed E-state index contributed by atoms with van der Waals surface area (Å²) >= 11 is 0. The summed E-state index contributed by atoms with van der Waals surface area (Å²) < 4.78 is 6.20. The Morgan fingerprint density at radius 1 is 0.880 bits per heavy atom. The number of rotatable bonds is 4. The molecule has 3 aromatic rings. The maximum atomic E-state index is 6.20. The monoisotopic (exact) mass is 354 g/mol. The largest absolute Gasteiger partial charge is 0.436 e. The van der Waals surface area contributed by atoms with Crippen molar-refractivity contribution in [2.45, 2.75) is 19.3 Å². The average Bonchev–Trinajstić information content (AvgIpc) is 3.08. The van der Waals surface area contributed by atoms with Gasteiger partial charge in [0.2, 0.25) is 5.89 Å². The van der Waals surface area contributed by atoms with Gasteiger partial charge in [-0.3, -0.25) is 0 Å². The third kappa shape index (κ3) is 4.12. The molecule has 0 bridgehead atoms. The molecule has 0 aliphatic carbocycles. The van der Waals surface area contributed by atoms with Crippen LogP contribution < -0.4 is 5.32 Å². The normalized spacial score (nSPS) is 14.9. The quantitative estimate of drug-likeness (QED) is 0.718. The first kappa shape index (κ1) is 17.7. The molecule has 4 rings (SSSR count). The fourth-order valence-corrected chi connectivity index (χ4v) is 3.37. The molecule has 0 saturated carbocycles. The minimum Gasteiger partial charge on any atom is -0.436 e. The van der Waals surface area contributed by atoms with E-state index in [0.717, 1.165) is 48.0 Å². The Morgan fingerprint density at radius 3 is 2.12 bits per heavy atom. The molecule has 2 heterocycles. The van der Waals surface area contributed by atoms with Crippen molar-refractivity contribution in [3.63, 3.8) is 0 Å². The van der Waals surface area contributed by atoms with E-state index < -0.39 is 0 Å². The van der Waals surface area contributed by atoms with Crippen LogP contribution in [-0.2, 0) is 6.42 Å². The van der Waals surface area contributed by atoms with Crippen LogP contribution in [0.4, 0.5) is 0 Å². The standard InChI is InChI=1S/C21H22N2O.ClH/c1-3-7-17(8-4-1)20-19(15-16-11-13-22-14-12-16)23-21(24-20)18-9-5-2-6-10-18;/h1-10,16,22H,11-15H2;1H. The Kier molecular flexibility index (Phi) is 5.90. The third-order valence-corrected chi connectivity index (χ3v) is 4.69. The van der Waals surface area contributed by atoms with E-state index in [1.54, 1.807) is 0 Å². The van der Waals surface area contributed by atoms with E-state index in [1.165, 1.54) is 12.8 Å². The fraction of sp³-hybridized carbons (Fsp3) is 0.286. The second-order valence-electron chi connectivity index (χ2n) is 6.42. The first-order chi connectivity index (χ1) is 11.9. The lowest BCUT2D eigenvalue weighted by Gasteiger charge is -2.21. The highest BCUT2D eigenvalue weighted by Gasteiger charge is 2.21. The van der Waals surface area contributed by atoms with Gasteiger partial charge < -0.3 is 9.73 Å². The third-order valence-electron chi connectivity index (χ3n) is 4.69. The summed E-state index contributed by atoms with van der Waals surface area (Å²) in [5.41, 5.74) is 3.23. The molecule has 1 aliphatic heterocycles. The van der Waals surface area contributed by atoms with E-state index in [-0.39, 0.29) is 12.4 Å². The molecule has 4 heteroatoms. The van der Waals surface area contributed by atoms with E-state index in [4.69, 9.17) is 9.40 Å². The topological polar surface area (TPSA) is 38.1 Å². The van der Waals surface area contributed by atoms with Crippen LogP contribution in [0.2, 0.25) is 0 Å². The van der Waals surface area contributed by atoms with Gasteiger partial charge in [0.1, 0.15) is 0 Å². The van der Waals surface area contributed by atoms with Gasteiger partial charge in [0.15, 0.2) is 5.76 Å². The van der Waals surface area contributed by atoms with Crippen LogP contribution in [0.3, 0.4) is 0 Å². The van der Waals surface area contributed by atoms with Crippen molar-refractivity contribution in [2.75, 3.05) is 13.1 Å². The average molecular weight is 355 g/mol.